The van der Waals surface area contributed by atoms with Gasteiger partial charge in [0.1, 0.15) is 0 Å². The van der Waals surface area contributed by atoms with E-state index in [1.165, 1.54) is 0 Å². The van der Waals surface area contributed by atoms with Crippen molar-refractivity contribution in [2.75, 3.05) is 0 Å². The fraction of sp³-hybridized carbons (Fsp3) is 0. The second kappa shape index (κ2) is 9.94. The van der Waals surface area contributed by atoms with Gasteiger partial charge in [-0.1, -0.05) is 0 Å². The molecule has 0 aromatic carbocycles. The van der Waals surface area contributed by atoms with Crippen LogP contribution in [-0.4, -0.2) is 28.1 Å². The Labute approximate surface area is 70.6 Å². The third kappa shape index (κ3) is 40.8. The third-order valence-corrected chi connectivity index (χ3v) is 0. The van der Waals surface area contributed by atoms with Crippen molar-refractivity contribution >= 4 is 66.9 Å². The predicted octanol–water partition coefficient (Wildman–Crippen LogP) is 0.548. The zero-order chi connectivity index (χ0) is 3.58. The van der Waals surface area contributed by atoms with E-state index in [0.717, 1.165) is 0 Å². The molecule has 0 atom stereocenters. The van der Waals surface area contributed by atoms with Gasteiger partial charge in [-0.3, -0.25) is 0 Å². The summed E-state index contributed by atoms with van der Waals surface area (Å²) in [4.78, 5) is 0. The summed E-state index contributed by atoms with van der Waals surface area (Å²) in [7, 11) is 7.36. The molecule has 6 heavy (non-hydrogen) atoms. The number of halogens is 3. The summed E-state index contributed by atoms with van der Waals surface area (Å²) < 4.78 is 9.09. The molecule has 2 radical (unpaired) electrons. The van der Waals surface area contributed by atoms with Crippen molar-refractivity contribution in [1.82, 2.24) is 0 Å². The average molecular weight is 276 g/mol. The van der Waals surface area contributed by atoms with Crippen LogP contribution in [0.4, 0.5) is 0 Å². The van der Waals surface area contributed by atoms with Crippen LogP contribution in [0.1, 0.15) is 0 Å². The molecule has 0 N–H and O–H groups in total. The molecule has 0 fully saturated rings. The Morgan fingerprint density at radius 3 is 1.33 bits per heavy atom. The molecule has 0 saturated heterocycles. The van der Waals surface area contributed by atoms with Gasteiger partial charge >= 0.3 is 23.9 Å². The average Bonchev–Trinajstić information content (AvgIpc) is 0.811. The first-order chi connectivity index (χ1) is 1.73. The molecule has 0 aromatic heterocycles. The Kier molecular flexibility index (Phi) is 25.9. The van der Waals surface area contributed by atoms with Crippen molar-refractivity contribution in [3.8, 4) is 0 Å². The Balaban J connectivity index is -0.0000000450. The van der Waals surface area contributed by atoms with Crippen molar-refractivity contribution in [2.24, 2.45) is 0 Å². The van der Waals surface area contributed by atoms with E-state index >= 15 is 0 Å². The molecule has 1 nitrogen and oxygen atoms in total. The van der Waals surface area contributed by atoms with Gasteiger partial charge in [0.2, 0.25) is 9.23 Å². The molecule has 0 aromatic rings. The third-order valence-electron chi connectivity index (χ3n) is 0. The molecule has 0 spiro atoms. The summed E-state index contributed by atoms with van der Waals surface area (Å²) in [6.07, 6.45) is 0. The Bertz CT molecular complexity index is 33.8. The van der Waals surface area contributed by atoms with Crippen molar-refractivity contribution in [1.29, 1.82) is 0 Å². The summed E-state index contributed by atoms with van der Waals surface area (Å²) in [5, 5.41) is 0. The van der Waals surface area contributed by atoms with Crippen LogP contribution >= 0.6 is 33.8 Å². The Morgan fingerprint density at radius 2 is 1.33 bits per heavy atom. The van der Waals surface area contributed by atoms with E-state index in [9.17, 15) is 0 Å². The van der Waals surface area contributed by atoms with E-state index in [2.05, 4.69) is 21.4 Å². The van der Waals surface area contributed by atoms with E-state index in [1.807, 2.05) is 0 Å². The number of rotatable bonds is 0. The zero-order valence-corrected chi connectivity index (χ0v) is 9.87. The maximum atomic E-state index is 9.09. The second-order valence-corrected chi connectivity index (χ2v) is 2.71. The van der Waals surface area contributed by atoms with Gasteiger partial charge in [-0.15, -0.1) is 12.4 Å². The summed E-state index contributed by atoms with van der Waals surface area (Å²) in [6.45, 7) is 0. The quantitative estimate of drug-likeness (QED) is 0.466. The van der Waals surface area contributed by atoms with Crippen molar-refractivity contribution in [3.05, 3.63) is 0 Å². The molecule has 0 aliphatic rings. The molecule has 0 bridgehead atoms. The van der Waals surface area contributed by atoms with Crippen molar-refractivity contribution < 1.29 is 4.21 Å². The van der Waals surface area contributed by atoms with E-state index < -0.39 is 9.23 Å². The fourth-order valence-electron chi connectivity index (χ4n) is 0. The Hall–Kier alpha value is 1.82. The molecule has 0 unspecified atom stereocenters. The number of hydrogen-bond acceptors (Lipinski definition) is 1. The van der Waals surface area contributed by atoms with Crippen molar-refractivity contribution in [3.63, 3.8) is 0 Å². The van der Waals surface area contributed by atoms with Crippen LogP contribution in [0.2, 0.25) is 0 Å². The van der Waals surface area contributed by atoms with Crippen LogP contribution in [0.15, 0.2) is 0 Å². The van der Waals surface area contributed by atoms with E-state index in [4.69, 9.17) is 4.21 Å². The molecule has 0 rings (SSSR count). The summed E-state index contributed by atoms with van der Waals surface area (Å²) in [5.41, 5.74) is 0. The van der Waals surface area contributed by atoms with Gasteiger partial charge in [-0.2, -0.15) is 0 Å². The zero-order valence-electron chi connectivity index (χ0n) is 2.69. The van der Waals surface area contributed by atoms with Crippen LogP contribution in [0.5, 0.6) is 0 Å². The molecule has 6 heteroatoms. The van der Waals surface area contributed by atoms with Crippen LogP contribution in [0.3, 0.4) is 0 Å². The fourth-order valence-corrected chi connectivity index (χ4v) is 0. The summed E-state index contributed by atoms with van der Waals surface area (Å²) in [6, 6.07) is 0. The van der Waals surface area contributed by atoms with Gasteiger partial charge in [-0.05, 0) is 0 Å². The molecule has 40 valence electrons. The monoisotopic (exact) mass is 276 g/mol. The van der Waals surface area contributed by atoms with Crippen LogP contribution in [0, 0.1) is 0 Å². The van der Waals surface area contributed by atoms with Gasteiger partial charge in [0.25, 0.3) is 0 Å². The van der Waals surface area contributed by atoms with Crippen LogP contribution < -0.4 is 0 Å². The molecular formula is H3Cl3OSSn. The van der Waals surface area contributed by atoms with Gasteiger partial charge in [0.05, 0.1) is 0 Å². The standard InChI is InChI=1S/Cl2OS.ClH.Sn.2H/c1-4(2)3;;;;/h;1H;;;. The first-order valence-electron chi connectivity index (χ1n) is 0.475. The second-order valence-electron chi connectivity index (χ2n) is 0.184. The van der Waals surface area contributed by atoms with E-state index in [0.29, 0.717) is 0 Å². The summed E-state index contributed by atoms with van der Waals surface area (Å²) in [5.74, 6) is 0. The minimum absolute atomic E-state index is 0. The van der Waals surface area contributed by atoms with Gasteiger partial charge in [-0.25, -0.2) is 4.21 Å². The molecular weight excluding hydrogens is 273 g/mol. The van der Waals surface area contributed by atoms with Crippen LogP contribution in [0.25, 0.3) is 0 Å². The normalized spacial score (nSPS) is 5.83. The summed E-state index contributed by atoms with van der Waals surface area (Å²) >= 11 is 0. The first-order valence-corrected chi connectivity index (χ1v) is 3.28. The van der Waals surface area contributed by atoms with E-state index in [-0.39, 0.29) is 36.3 Å². The molecule has 0 heterocycles. The van der Waals surface area contributed by atoms with Gasteiger partial charge in [0, 0.05) is 21.4 Å². The van der Waals surface area contributed by atoms with Gasteiger partial charge < -0.3 is 0 Å². The van der Waals surface area contributed by atoms with Crippen molar-refractivity contribution in [2.45, 2.75) is 0 Å². The number of hydrogen-bond donors (Lipinski definition) is 0. The molecule has 0 aliphatic heterocycles. The SMILES string of the molecule is Cl.O=S(Cl)Cl.[SnH2]. The minimum atomic E-state index is -1.67. The Morgan fingerprint density at radius 1 is 1.33 bits per heavy atom. The molecule has 0 aliphatic carbocycles. The topological polar surface area (TPSA) is 17.1 Å². The molecule has 0 amide bonds. The molecule has 0 saturated carbocycles. The predicted molar refractivity (Wildman–Crippen MR) is 35.6 cm³/mol. The maximum absolute atomic E-state index is 9.09. The van der Waals surface area contributed by atoms with Crippen LogP contribution in [-0.2, 0) is 9.23 Å². The first kappa shape index (κ1) is 15.7. The van der Waals surface area contributed by atoms with Gasteiger partial charge in [0.15, 0.2) is 0 Å². The van der Waals surface area contributed by atoms with E-state index in [1.54, 1.807) is 0 Å².